The molecule has 0 spiro atoms. The summed E-state index contributed by atoms with van der Waals surface area (Å²) < 4.78 is 4.63. The zero-order chi connectivity index (χ0) is 7.72. The summed E-state index contributed by atoms with van der Waals surface area (Å²) in [5.41, 5.74) is 0. The standard InChI is InChI=1S/C6H12O4/c1-3-4(7)2-10-6(9)5(3)8/h3-9H,2H2,1H3/t3-,4+,5+,6-/m0/s1. The third-order valence-corrected chi connectivity index (χ3v) is 1.88. The van der Waals surface area contributed by atoms with Gasteiger partial charge < -0.3 is 20.1 Å². The molecule has 0 saturated carbocycles. The van der Waals surface area contributed by atoms with Gasteiger partial charge in [-0.05, 0) is 0 Å². The van der Waals surface area contributed by atoms with Crippen LogP contribution >= 0.6 is 0 Å². The fourth-order valence-electron chi connectivity index (χ4n) is 0.935. The molecule has 0 bridgehead atoms. The van der Waals surface area contributed by atoms with Gasteiger partial charge >= 0.3 is 0 Å². The summed E-state index contributed by atoms with van der Waals surface area (Å²) in [5, 5.41) is 27.0. The Kier molecular flexibility index (Phi) is 2.25. The number of aliphatic hydroxyl groups excluding tert-OH is 3. The predicted molar refractivity (Wildman–Crippen MR) is 33.1 cm³/mol. The molecule has 10 heavy (non-hydrogen) atoms. The van der Waals surface area contributed by atoms with E-state index in [1.165, 1.54) is 0 Å². The average Bonchev–Trinajstić information content (AvgIpc) is 1.93. The molecule has 0 aromatic heterocycles. The molecule has 0 aromatic carbocycles. The highest BCUT2D eigenvalue weighted by Gasteiger charge is 2.34. The molecule has 0 radical (unpaired) electrons. The molecular weight excluding hydrogens is 136 g/mol. The van der Waals surface area contributed by atoms with Crippen LogP contribution in [0, 0.1) is 5.92 Å². The largest absolute Gasteiger partial charge is 0.390 e. The summed E-state index contributed by atoms with van der Waals surface area (Å²) in [6.07, 6.45) is -2.78. The van der Waals surface area contributed by atoms with Crippen LogP contribution in [0.3, 0.4) is 0 Å². The molecule has 4 heteroatoms. The van der Waals surface area contributed by atoms with Gasteiger partial charge in [-0.1, -0.05) is 6.92 Å². The summed E-state index contributed by atoms with van der Waals surface area (Å²) >= 11 is 0. The second-order valence-electron chi connectivity index (χ2n) is 2.64. The first kappa shape index (κ1) is 7.94. The Morgan fingerprint density at radius 2 is 1.90 bits per heavy atom. The molecule has 4 nitrogen and oxygen atoms in total. The Morgan fingerprint density at radius 3 is 2.40 bits per heavy atom. The molecule has 0 amide bonds. The number of hydrogen-bond acceptors (Lipinski definition) is 4. The number of rotatable bonds is 0. The zero-order valence-electron chi connectivity index (χ0n) is 5.77. The summed E-state index contributed by atoms with van der Waals surface area (Å²) in [6, 6.07) is 0. The van der Waals surface area contributed by atoms with Gasteiger partial charge in [0.05, 0.1) is 12.7 Å². The van der Waals surface area contributed by atoms with E-state index in [1.807, 2.05) is 0 Å². The van der Waals surface area contributed by atoms with E-state index in [-0.39, 0.29) is 12.5 Å². The lowest BCUT2D eigenvalue weighted by Crippen LogP contribution is -2.47. The Hall–Kier alpha value is -0.160. The maximum Gasteiger partial charge on any atom is 0.181 e. The lowest BCUT2D eigenvalue weighted by molar-refractivity contribution is -0.233. The third kappa shape index (κ3) is 1.29. The van der Waals surface area contributed by atoms with E-state index in [4.69, 9.17) is 15.3 Å². The molecule has 0 unspecified atom stereocenters. The van der Waals surface area contributed by atoms with Crippen LogP contribution in [0.2, 0.25) is 0 Å². The lowest BCUT2D eigenvalue weighted by Gasteiger charge is -2.33. The highest BCUT2D eigenvalue weighted by atomic mass is 16.6. The second-order valence-corrected chi connectivity index (χ2v) is 2.64. The highest BCUT2D eigenvalue weighted by molar-refractivity contribution is 4.78. The molecule has 1 aliphatic heterocycles. The minimum absolute atomic E-state index is 0.0966. The minimum Gasteiger partial charge on any atom is -0.390 e. The van der Waals surface area contributed by atoms with E-state index < -0.39 is 18.5 Å². The number of ether oxygens (including phenoxy) is 1. The molecule has 60 valence electrons. The van der Waals surface area contributed by atoms with Gasteiger partial charge in [0.1, 0.15) is 6.10 Å². The summed E-state index contributed by atoms with van der Waals surface area (Å²) in [5.74, 6) is -0.316. The van der Waals surface area contributed by atoms with E-state index in [0.717, 1.165) is 0 Å². The zero-order valence-corrected chi connectivity index (χ0v) is 5.77. The molecule has 1 fully saturated rings. The van der Waals surface area contributed by atoms with Crippen molar-refractivity contribution in [1.82, 2.24) is 0 Å². The third-order valence-electron chi connectivity index (χ3n) is 1.88. The van der Waals surface area contributed by atoms with Crippen LogP contribution in [0.15, 0.2) is 0 Å². The summed E-state index contributed by atoms with van der Waals surface area (Å²) in [7, 11) is 0. The van der Waals surface area contributed by atoms with Gasteiger partial charge in [0.2, 0.25) is 0 Å². The van der Waals surface area contributed by atoms with Crippen LogP contribution in [0.1, 0.15) is 6.92 Å². The van der Waals surface area contributed by atoms with E-state index >= 15 is 0 Å². The van der Waals surface area contributed by atoms with Gasteiger partial charge in [-0.2, -0.15) is 0 Å². The number of aliphatic hydroxyl groups is 3. The smallest absolute Gasteiger partial charge is 0.181 e. The van der Waals surface area contributed by atoms with Crippen LogP contribution in [-0.2, 0) is 4.74 Å². The van der Waals surface area contributed by atoms with Crippen molar-refractivity contribution in [2.24, 2.45) is 5.92 Å². The van der Waals surface area contributed by atoms with Crippen molar-refractivity contribution in [2.45, 2.75) is 25.4 Å². The Bertz CT molecular complexity index is 102. The van der Waals surface area contributed by atoms with Gasteiger partial charge in [-0.15, -0.1) is 0 Å². The maximum absolute atomic E-state index is 9.08. The van der Waals surface area contributed by atoms with Crippen LogP contribution in [-0.4, -0.2) is 40.4 Å². The first-order valence-electron chi connectivity index (χ1n) is 3.28. The Labute approximate surface area is 59.1 Å². The number of hydrogen-bond donors (Lipinski definition) is 3. The first-order valence-corrected chi connectivity index (χ1v) is 3.28. The van der Waals surface area contributed by atoms with Crippen molar-refractivity contribution in [2.75, 3.05) is 6.61 Å². The molecule has 0 aromatic rings. The first-order chi connectivity index (χ1) is 4.63. The maximum atomic E-state index is 9.08. The van der Waals surface area contributed by atoms with Crippen molar-refractivity contribution >= 4 is 0 Å². The van der Waals surface area contributed by atoms with Crippen LogP contribution in [0.5, 0.6) is 0 Å². The van der Waals surface area contributed by atoms with Gasteiger partial charge in [-0.25, -0.2) is 0 Å². The van der Waals surface area contributed by atoms with Gasteiger partial charge in [0, 0.05) is 5.92 Å². The van der Waals surface area contributed by atoms with Gasteiger partial charge in [-0.3, -0.25) is 0 Å². The van der Waals surface area contributed by atoms with Gasteiger partial charge in [0.15, 0.2) is 6.29 Å². The fraction of sp³-hybridized carbons (Fsp3) is 1.00. The average molecular weight is 148 g/mol. The SMILES string of the molecule is C[C@@H]1[C@@H](O)[C@@H](O)OC[C@H]1O. The van der Waals surface area contributed by atoms with Crippen molar-refractivity contribution in [3.05, 3.63) is 0 Å². The highest BCUT2D eigenvalue weighted by Crippen LogP contribution is 2.18. The second kappa shape index (κ2) is 2.84. The Balaban J connectivity index is 2.52. The van der Waals surface area contributed by atoms with Gasteiger partial charge in [0.25, 0.3) is 0 Å². The summed E-state index contributed by atoms with van der Waals surface area (Å²) in [6.45, 7) is 1.76. The molecule has 1 heterocycles. The lowest BCUT2D eigenvalue weighted by atomic mass is 9.96. The molecular formula is C6H12O4. The van der Waals surface area contributed by atoms with Crippen molar-refractivity contribution < 1.29 is 20.1 Å². The van der Waals surface area contributed by atoms with Crippen molar-refractivity contribution in [3.8, 4) is 0 Å². The van der Waals surface area contributed by atoms with Crippen LogP contribution < -0.4 is 0 Å². The normalized spacial score (nSPS) is 49.2. The molecule has 1 aliphatic rings. The fourth-order valence-corrected chi connectivity index (χ4v) is 0.935. The monoisotopic (exact) mass is 148 g/mol. The van der Waals surface area contributed by atoms with E-state index in [9.17, 15) is 0 Å². The van der Waals surface area contributed by atoms with Crippen molar-refractivity contribution in [1.29, 1.82) is 0 Å². The molecule has 1 saturated heterocycles. The van der Waals surface area contributed by atoms with E-state index in [0.29, 0.717) is 0 Å². The summed E-state index contributed by atoms with van der Waals surface area (Å²) in [4.78, 5) is 0. The predicted octanol–water partition coefficient (Wildman–Crippen LogP) is -1.31. The topological polar surface area (TPSA) is 69.9 Å². The molecule has 1 rings (SSSR count). The molecule has 0 aliphatic carbocycles. The van der Waals surface area contributed by atoms with E-state index in [2.05, 4.69) is 4.74 Å². The van der Waals surface area contributed by atoms with Crippen LogP contribution in [0.4, 0.5) is 0 Å². The molecule has 3 N–H and O–H groups in total. The van der Waals surface area contributed by atoms with Crippen LogP contribution in [0.25, 0.3) is 0 Å². The van der Waals surface area contributed by atoms with E-state index in [1.54, 1.807) is 6.92 Å². The van der Waals surface area contributed by atoms with Crippen molar-refractivity contribution in [3.63, 3.8) is 0 Å². The quantitative estimate of drug-likeness (QED) is 0.399. The minimum atomic E-state index is -1.14. The molecule has 4 atom stereocenters. The Morgan fingerprint density at radius 1 is 1.30 bits per heavy atom.